The van der Waals surface area contributed by atoms with Crippen molar-refractivity contribution < 1.29 is 9.90 Å². The average Bonchev–Trinajstić information content (AvgIpc) is 3.34. The zero-order valence-corrected chi connectivity index (χ0v) is 21.7. The molecule has 1 amide bonds. The van der Waals surface area contributed by atoms with Crippen LogP contribution in [0, 0.1) is 0 Å². The number of rotatable bonds is 8. The molecule has 3 heterocycles. The minimum Gasteiger partial charge on any atom is -0.383 e. The van der Waals surface area contributed by atoms with Crippen LogP contribution in [0.1, 0.15) is 25.8 Å². The highest BCUT2D eigenvalue weighted by atomic mass is 127. The Morgan fingerprint density at radius 1 is 1.25 bits per heavy atom. The third-order valence-corrected chi connectivity index (χ3v) is 5.81. The number of thiophene rings is 1. The van der Waals surface area contributed by atoms with Crippen molar-refractivity contribution in [1.29, 1.82) is 0 Å². The average molecular weight is 574 g/mol. The highest BCUT2D eigenvalue weighted by molar-refractivity contribution is 14.0. The van der Waals surface area contributed by atoms with E-state index in [1.165, 1.54) is 0 Å². The van der Waals surface area contributed by atoms with E-state index in [0.29, 0.717) is 44.5 Å². The molecule has 11 heteroatoms. The predicted molar refractivity (Wildman–Crippen MR) is 139 cm³/mol. The molecule has 1 unspecified atom stereocenters. The molecular weight excluding hydrogens is 541 g/mol. The molecule has 2 aromatic rings. The molecule has 32 heavy (non-hydrogen) atoms. The van der Waals surface area contributed by atoms with Crippen LogP contribution in [-0.2, 0) is 10.4 Å². The van der Waals surface area contributed by atoms with Gasteiger partial charge in [-0.05, 0) is 42.3 Å². The number of halogens is 1. The van der Waals surface area contributed by atoms with Gasteiger partial charge in [0.25, 0.3) is 0 Å². The fourth-order valence-corrected chi connectivity index (χ4v) is 4.08. The lowest BCUT2D eigenvalue weighted by molar-refractivity contribution is -0.131. The van der Waals surface area contributed by atoms with Gasteiger partial charge in [0.2, 0.25) is 11.9 Å². The smallest absolute Gasteiger partial charge is 0.225 e. The Balaban J connectivity index is 0.00000363. The van der Waals surface area contributed by atoms with Crippen molar-refractivity contribution in [2.75, 3.05) is 50.7 Å². The number of carbonyl (C=O) groups is 1. The van der Waals surface area contributed by atoms with Crippen molar-refractivity contribution in [3.05, 3.63) is 40.8 Å². The molecule has 0 aliphatic carbocycles. The molecular formula is C21H32IN7O2S. The lowest BCUT2D eigenvalue weighted by atomic mass is 10.00. The Hall–Kier alpha value is -1.99. The zero-order chi connectivity index (χ0) is 22.1. The normalized spacial score (nSPS) is 16.2. The van der Waals surface area contributed by atoms with Crippen LogP contribution < -0.4 is 15.5 Å². The number of hydrogen-bond acceptors (Lipinski definition) is 7. The minimum absolute atomic E-state index is 0. The summed E-state index contributed by atoms with van der Waals surface area (Å²) in [7, 11) is 0. The molecule has 0 aromatic carbocycles. The zero-order valence-electron chi connectivity index (χ0n) is 18.5. The molecule has 176 valence electrons. The summed E-state index contributed by atoms with van der Waals surface area (Å²) < 4.78 is 0. The molecule has 1 aliphatic rings. The fourth-order valence-electron chi connectivity index (χ4n) is 3.29. The molecule has 0 saturated carbocycles. The predicted octanol–water partition coefficient (Wildman–Crippen LogP) is 1.66. The van der Waals surface area contributed by atoms with Gasteiger partial charge < -0.3 is 25.5 Å². The van der Waals surface area contributed by atoms with Crippen molar-refractivity contribution in [2.24, 2.45) is 4.99 Å². The van der Waals surface area contributed by atoms with E-state index in [1.54, 1.807) is 36.7 Å². The highest BCUT2D eigenvalue weighted by Crippen LogP contribution is 2.23. The quantitative estimate of drug-likeness (QED) is 0.251. The monoisotopic (exact) mass is 573 g/mol. The van der Waals surface area contributed by atoms with E-state index in [2.05, 4.69) is 30.5 Å². The van der Waals surface area contributed by atoms with Gasteiger partial charge >= 0.3 is 0 Å². The summed E-state index contributed by atoms with van der Waals surface area (Å²) >= 11 is 1.55. The number of aliphatic imine (C=N–C) groups is 1. The van der Waals surface area contributed by atoms with Crippen LogP contribution in [-0.4, -0.2) is 77.7 Å². The summed E-state index contributed by atoms with van der Waals surface area (Å²) in [6.07, 6.45) is 3.84. The maximum Gasteiger partial charge on any atom is 0.225 e. The molecule has 9 nitrogen and oxygen atoms in total. The number of nitrogens with one attached hydrogen (secondary N) is 2. The second kappa shape index (κ2) is 12.9. The van der Waals surface area contributed by atoms with Crippen molar-refractivity contribution in [2.45, 2.75) is 25.9 Å². The largest absolute Gasteiger partial charge is 0.383 e. The molecule has 1 aliphatic heterocycles. The Morgan fingerprint density at radius 2 is 1.97 bits per heavy atom. The van der Waals surface area contributed by atoms with Crippen LogP contribution in [0.25, 0.3) is 0 Å². The summed E-state index contributed by atoms with van der Waals surface area (Å²) in [6, 6.07) is 3.70. The number of anilines is 1. The van der Waals surface area contributed by atoms with Crippen LogP contribution in [0.3, 0.4) is 0 Å². The second-order valence-corrected chi connectivity index (χ2v) is 8.35. The van der Waals surface area contributed by atoms with Crippen molar-refractivity contribution in [3.63, 3.8) is 0 Å². The summed E-state index contributed by atoms with van der Waals surface area (Å²) in [4.78, 5) is 29.6. The number of aliphatic hydroxyl groups is 1. The second-order valence-electron chi connectivity index (χ2n) is 7.57. The van der Waals surface area contributed by atoms with Crippen LogP contribution in [0.4, 0.5) is 5.95 Å². The van der Waals surface area contributed by atoms with E-state index >= 15 is 0 Å². The van der Waals surface area contributed by atoms with Crippen LogP contribution in [0.2, 0.25) is 0 Å². The molecule has 0 radical (unpaired) electrons. The molecule has 0 spiro atoms. The van der Waals surface area contributed by atoms with Crippen molar-refractivity contribution in [1.82, 2.24) is 25.5 Å². The third kappa shape index (κ3) is 7.55. The number of nitrogens with zero attached hydrogens (tertiary/aromatic N) is 5. The van der Waals surface area contributed by atoms with Gasteiger partial charge in [0.15, 0.2) is 5.96 Å². The van der Waals surface area contributed by atoms with Gasteiger partial charge in [0.05, 0.1) is 6.54 Å². The summed E-state index contributed by atoms with van der Waals surface area (Å²) in [6.45, 7) is 7.92. The third-order valence-electron chi connectivity index (χ3n) is 5.13. The maximum atomic E-state index is 12.6. The van der Waals surface area contributed by atoms with E-state index < -0.39 is 5.60 Å². The van der Waals surface area contributed by atoms with Crippen LogP contribution in [0.15, 0.2) is 40.3 Å². The first-order valence-electron chi connectivity index (χ1n) is 10.6. The van der Waals surface area contributed by atoms with Crippen molar-refractivity contribution >= 4 is 53.1 Å². The van der Waals surface area contributed by atoms with E-state index in [-0.39, 0.29) is 36.4 Å². The van der Waals surface area contributed by atoms with Gasteiger partial charge in [-0.2, -0.15) is 11.3 Å². The van der Waals surface area contributed by atoms with E-state index in [0.717, 1.165) is 18.7 Å². The molecule has 1 saturated heterocycles. The first kappa shape index (κ1) is 26.3. The highest BCUT2D eigenvalue weighted by Gasteiger charge is 2.24. The standard InChI is InChI=1S/C21H31N7O2S.HI/c1-3-22-19(26-16-21(2,30)17-6-14-31-15-17)23-9-5-18(29)27-10-12-28(13-11-27)20-24-7-4-8-25-20;/h4,6-8,14-15,30H,3,5,9-13,16H2,1-2H3,(H2,22,23,26);1H. The van der Waals surface area contributed by atoms with Gasteiger partial charge in [0, 0.05) is 58.1 Å². The molecule has 2 aromatic heterocycles. The maximum absolute atomic E-state index is 12.6. The SMILES string of the molecule is CCNC(=NCC(C)(O)c1ccsc1)NCCC(=O)N1CCN(c2ncccn2)CC1.I. The van der Waals surface area contributed by atoms with Gasteiger partial charge in [-0.3, -0.25) is 4.79 Å². The van der Waals surface area contributed by atoms with Crippen LogP contribution in [0.5, 0.6) is 0 Å². The number of piperazine rings is 1. The number of carbonyl (C=O) groups excluding carboxylic acids is 1. The van der Waals surface area contributed by atoms with Gasteiger partial charge in [-0.1, -0.05) is 0 Å². The lowest BCUT2D eigenvalue weighted by Gasteiger charge is -2.34. The first-order chi connectivity index (χ1) is 15.0. The number of amides is 1. The molecule has 1 atom stereocenters. The Morgan fingerprint density at radius 3 is 2.59 bits per heavy atom. The molecule has 3 rings (SSSR count). The molecule has 3 N–H and O–H groups in total. The van der Waals surface area contributed by atoms with Crippen molar-refractivity contribution in [3.8, 4) is 0 Å². The number of aromatic nitrogens is 2. The lowest BCUT2D eigenvalue weighted by Crippen LogP contribution is -2.50. The van der Waals surface area contributed by atoms with E-state index in [9.17, 15) is 9.90 Å². The number of hydrogen-bond donors (Lipinski definition) is 3. The van der Waals surface area contributed by atoms with E-state index in [4.69, 9.17) is 0 Å². The Bertz CT molecular complexity index is 841. The summed E-state index contributed by atoms with van der Waals surface area (Å²) in [5.74, 6) is 1.42. The van der Waals surface area contributed by atoms with Crippen LogP contribution >= 0.6 is 35.3 Å². The Kier molecular flexibility index (Phi) is 10.6. The van der Waals surface area contributed by atoms with Gasteiger partial charge in [-0.25, -0.2) is 15.0 Å². The van der Waals surface area contributed by atoms with Gasteiger partial charge in [-0.15, -0.1) is 24.0 Å². The first-order valence-corrected chi connectivity index (χ1v) is 11.5. The van der Waals surface area contributed by atoms with E-state index in [1.807, 2.05) is 28.7 Å². The molecule has 0 bridgehead atoms. The molecule has 1 fully saturated rings. The minimum atomic E-state index is -1.03. The fraction of sp³-hybridized carbons (Fsp3) is 0.524. The summed E-state index contributed by atoms with van der Waals surface area (Å²) in [5, 5.41) is 20.9. The summed E-state index contributed by atoms with van der Waals surface area (Å²) in [5.41, 5.74) is -0.173. The Labute approximate surface area is 210 Å². The number of guanidine groups is 1. The van der Waals surface area contributed by atoms with Gasteiger partial charge in [0.1, 0.15) is 5.60 Å². The topological polar surface area (TPSA) is 106 Å².